The molecule has 0 aliphatic carbocycles. The van der Waals surface area contributed by atoms with Crippen LogP contribution in [-0.4, -0.2) is 49.8 Å². The monoisotopic (exact) mass is 710 g/mol. The minimum absolute atomic E-state index is 0.552. The van der Waals surface area contributed by atoms with E-state index in [4.69, 9.17) is 9.05 Å². The molecular weight excluding hydrogens is 685 g/mol. The van der Waals surface area contributed by atoms with Gasteiger partial charge in [-0.1, -0.05) is 107 Å². The molecular formula is C32H26N10O2S4. The Kier molecular flexibility index (Phi) is 9.83. The van der Waals surface area contributed by atoms with Crippen LogP contribution in [0.5, 0.6) is 0 Å². The molecule has 0 aliphatic heterocycles. The molecule has 0 aliphatic rings. The zero-order chi connectivity index (χ0) is 32.7. The number of thiophene rings is 2. The van der Waals surface area contributed by atoms with Gasteiger partial charge in [0, 0.05) is 25.2 Å². The van der Waals surface area contributed by atoms with Gasteiger partial charge < -0.3 is 18.2 Å². The van der Waals surface area contributed by atoms with Gasteiger partial charge >= 0.3 is 0 Å². The Morgan fingerprint density at radius 3 is 1.40 bits per heavy atom. The zero-order valence-corrected chi connectivity index (χ0v) is 28.8. The van der Waals surface area contributed by atoms with Crippen LogP contribution in [0.4, 0.5) is 0 Å². The molecule has 6 aromatic heterocycles. The van der Waals surface area contributed by atoms with Crippen molar-refractivity contribution >= 4 is 46.2 Å². The smallest absolute Gasteiger partial charge is 0.237 e. The average molecular weight is 711 g/mol. The predicted octanol–water partition coefficient (Wildman–Crippen LogP) is 7.77. The molecule has 2 aromatic carbocycles. The van der Waals surface area contributed by atoms with E-state index in [2.05, 4.69) is 40.7 Å². The SMILES string of the molecule is Cn1c(SCc2nc(-c3ccccc3)no2)nnc1-c1cccs1.Cn1c(SCc2nc(-c3ccccc3)no2)nnc1-c1cccs1. The van der Waals surface area contributed by atoms with Gasteiger partial charge in [-0.05, 0) is 22.9 Å². The van der Waals surface area contributed by atoms with Gasteiger partial charge in [0.05, 0.1) is 21.3 Å². The first-order valence-corrected chi connectivity index (χ1v) is 18.2. The number of benzene rings is 2. The van der Waals surface area contributed by atoms with Crippen LogP contribution in [0.15, 0.2) is 115 Å². The number of rotatable bonds is 10. The van der Waals surface area contributed by atoms with Crippen LogP contribution in [0.3, 0.4) is 0 Å². The van der Waals surface area contributed by atoms with Gasteiger partial charge in [-0.25, -0.2) is 0 Å². The molecule has 0 spiro atoms. The summed E-state index contributed by atoms with van der Waals surface area (Å²) >= 11 is 6.34. The Bertz CT molecular complexity index is 2020. The Hall–Kier alpha value is -4.90. The Morgan fingerprint density at radius 1 is 0.562 bits per heavy atom. The lowest BCUT2D eigenvalue weighted by Gasteiger charge is -2.00. The largest absolute Gasteiger partial charge is 0.338 e. The molecule has 8 aromatic rings. The van der Waals surface area contributed by atoms with Crippen LogP contribution >= 0.6 is 46.2 Å². The van der Waals surface area contributed by atoms with Gasteiger partial charge in [0.15, 0.2) is 22.0 Å². The second-order valence-electron chi connectivity index (χ2n) is 10.0. The lowest BCUT2D eigenvalue weighted by Crippen LogP contribution is -1.94. The highest BCUT2D eigenvalue weighted by atomic mass is 32.2. The molecule has 0 N–H and O–H groups in total. The maximum atomic E-state index is 5.32. The van der Waals surface area contributed by atoms with Gasteiger partial charge in [0.25, 0.3) is 0 Å². The number of hydrogen-bond donors (Lipinski definition) is 0. The minimum atomic E-state index is 0.552. The normalized spacial score (nSPS) is 11.0. The fourth-order valence-corrected chi connectivity index (χ4v) is 7.40. The number of nitrogens with zero attached hydrogens (tertiary/aromatic N) is 10. The summed E-state index contributed by atoms with van der Waals surface area (Å²) in [6.07, 6.45) is 0. The van der Waals surface area contributed by atoms with Crippen LogP contribution < -0.4 is 0 Å². The van der Waals surface area contributed by atoms with Gasteiger partial charge in [0.2, 0.25) is 23.4 Å². The van der Waals surface area contributed by atoms with Gasteiger partial charge in [-0.3, -0.25) is 0 Å². The molecule has 0 bridgehead atoms. The van der Waals surface area contributed by atoms with Crippen LogP contribution in [0.25, 0.3) is 44.2 Å². The topological polar surface area (TPSA) is 139 Å². The first kappa shape index (κ1) is 31.7. The summed E-state index contributed by atoms with van der Waals surface area (Å²) in [7, 11) is 3.92. The number of aromatic nitrogens is 10. The summed E-state index contributed by atoms with van der Waals surface area (Å²) in [5.41, 5.74) is 1.88. The molecule has 8 rings (SSSR count). The van der Waals surface area contributed by atoms with E-state index in [9.17, 15) is 0 Å². The van der Waals surface area contributed by atoms with Crippen molar-refractivity contribution in [3.8, 4) is 44.2 Å². The fourth-order valence-electron chi connectivity index (χ4n) is 4.41. The highest BCUT2D eigenvalue weighted by Gasteiger charge is 2.16. The second kappa shape index (κ2) is 14.9. The van der Waals surface area contributed by atoms with Crippen molar-refractivity contribution in [2.45, 2.75) is 21.8 Å². The summed E-state index contributed by atoms with van der Waals surface area (Å²) in [6, 6.07) is 27.6. The quantitative estimate of drug-likeness (QED) is 0.128. The lowest BCUT2D eigenvalue weighted by atomic mass is 10.2. The molecule has 48 heavy (non-hydrogen) atoms. The third-order valence-electron chi connectivity index (χ3n) is 6.80. The van der Waals surface area contributed by atoms with E-state index in [0.717, 1.165) is 42.8 Å². The first-order chi connectivity index (χ1) is 23.6. The number of hydrogen-bond acceptors (Lipinski definition) is 14. The van der Waals surface area contributed by atoms with Crippen molar-refractivity contribution in [3.05, 3.63) is 107 Å². The highest BCUT2D eigenvalue weighted by Crippen LogP contribution is 2.29. The van der Waals surface area contributed by atoms with E-state index in [-0.39, 0.29) is 0 Å². The standard InChI is InChI=1S/2C16H13N5OS2/c2*1-21-15(12-8-5-9-23-12)18-19-16(21)24-10-13-17-14(20-22-13)11-6-3-2-4-7-11/h2*2-9H,10H2,1H3. The van der Waals surface area contributed by atoms with E-state index < -0.39 is 0 Å². The zero-order valence-electron chi connectivity index (χ0n) is 25.6. The van der Waals surface area contributed by atoms with Gasteiger partial charge in [-0.15, -0.1) is 43.1 Å². The van der Waals surface area contributed by atoms with Crippen LogP contribution in [0.2, 0.25) is 0 Å². The van der Waals surface area contributed by atoms with Crippen molar-refractivity contribution < 1.29 is 9.05 Å². The van der Waals surface area contributed by atoms with E-state index >= 15 is 0 Å². The fraction of sp³-hybridized carbons (Fsp3) is 0.125. The molecule has 0 saturated heterocycles. The maximum absolute atomic E-state index is 5.32. The van der Waals surface area contributed by atoms with Gasteiger partial charge in [0.1, 0.15) is 0 Å². The van der Waals surface area contributed by atoms with Crippen LogP contribution in [0.1, 0.15) is 11.8 Å². The molecule has 0 atom stereocenters. The molecule has 0 radical (unpaired) electrons. The van der Waals surface area contributed by atoms with Crippen molar-refractivity contribution in [2.75, 3.05) is 0 Å². The molecule has 0 fully saturated rings. The summed E-state index contributed by atoms with van der Waals surface area (Å²) < 4.78 is 14.6. The average Bonchev–Trinajstić information content (AvgIpc) is 3.97. The van der Waals surface area contributed by atoms with Crippen molar-refractivity contribution in [1.82, 2.24) is 49.8 Å². The Balaban J connectivity index is 0.000000152. The molecule has 0 saturated carbocycles. The summed E-state index contributed by atoms with van der Waals surface area (Å²) in [6.45, 7) is 0. The molecule has 6 heterocycles. The van der Waals surface area contributed by atoms with E-state index in [0.29, 0.717) is 34.9 Å². The van der Waals surface area contributed by atoms with E-state index in [1.807, 2.05) is 119 Å². The van der Waals surface area contributed by atoms with E-state index in [1.165, 1.54) is 23.5 Å². The van der Waals surface area contributed by atoms with Crippen molar-refractivity contribution in [3.63, 3.8) is 0 Å². The van der Waals surface area contributed by atoms with Crippen LogP contribution in [-0.2, 0) is 25.6 Å². The summed E-state index contributed by atoms with van der Waals surface area (Å²) in [5.74, 6) is 5.17. The van der Waals surface area contributed by atoms with Crippen LogP contribution in [0, 0.1) is 0 Å². The Labute approximate surface area is 291 Å². The minimum Gasteiger partial charge on any atom is -0.338 e. The summed E-state index contributed by atoms with van der Waals surface area (Å²) in [4.78, 5) is 11.1. The lowest BCUT2D eigenvalue weighted by molar-refractivity contribution is 0.391. The van der Waals surface area contributed by atoms with E-state index in [1.54, 1.807) is 22.7 Å². The number of thioether (sulfide) groups is 2. The first-order valence-electron chi connectivity index (χ1n) is 14.5. The van der Waals surface area contributed by atoms with Crippen molar-refractivity contribution in [2.24, 2.45) is 14.1 Å². The molecule has 16 heteroatoms. The van der Waals surface area contributed by atoms with Gasteiger partial charge in [-0.2, -0.15) is 9.97 Å². The Morgan fingerprint density at radius 2 is 1.00 bits per heavy atom. The molecule has 240 valence electrons. The predicted molar refractivity (Wildman–Crippen MR) is 187 cm³/mol. The molecule has 0 unspecified atom stereocenters. The second-order valence-corrected chi connectivity index (χ2v) is 13.8. The highest BCUT2D eigenvalue weighted by molar-refractivity contribution is 7.98. The summed E-state index contributed by atoms with van der Waals surface area (Å²) in [5, 5.41) is 30.8. The molecule has 0 amide bonds. The van der Waals surface area contributed by atoms with Crippen molar-refractivity contribution in [1.29, 1.82) is 0 Å². The third kappa shape index (κ3) is 7.31. The maximum Gasteiger partial charge on any atom is 0.237 e. The third-order valence-corrected chi connectivity index (χ3v) is 10.5. The molecule has 12 nitrogen and oxygen atoms in total.